The van der Waals surface area contributed by atoms with Crippen LogP contribution in [0.25, 0.3) is 5.65 Å². The number of nitriles is 1. The lowest BCUT2D eigenvalue weighted by Crippen LogP contribution is -2.22. The second-order valence-electron chi connectivity index (χ2n) is 3.60. The van der Waals surface area contributed by atoms with E-state index in [0.29, 0.717) is 35.5 Å². The van der Waals surface area contributed by atoms with Crippen LogP contribution < -0.4 is 5.56 Å². The smallest absolute Gasteiger partial charge is 0.277 e. The third-order valence-electron chi connectivity index (χ3n) is 2.62. The van der Waals surface area contributed by atoms with Gasteiger partial charge in [-0.2, -0.15) is 14.9 Å². The molecule has 2 rings (SSSR count). The van der Waals surface area contributed by atoms with Gasteiger partial charge in [-0.25, -0.2) is 0 Å². The molecule has 1 N–H and O–H groups in total. The maximum Gasteiger partial charge on any atom is 0.277 e. The number of H-pyrrole nitrogens is 1. The van der Waals surface area contributed by atoms with Gasteiger partial charge >= 0.3 is 0 Å². The maximum absolute atomic E-state index is 12.1. The van der Waals surface area contributed by atoms with Crippen molar-refractivity contribution in [1.29, 1.82) is 5.26 Å². The van der Waals surface area contributed by atoms with Gasteiger partial charge in [-0.1, -0.05) is 6.92 Å². The number of rotatable bonds is 3. The van der Waals surface area contributed by atoms with Crippen molar-refractivity contribution in [2.45, 2.75) is 20.0 Å². The summed E-state index contributed by atoms with van der Waals surface area (Å²) in [6.45, 7) is 2.20. The first-order valence-corrected chi connectivity index (χ1v) is 5.23. The van der Waals surface area contributed by atoms with Gasteiger partial charge in [0.25, 0.3) is 5.56 Å². The van der Waals surface area contributed by atoms with Gasteiger partial charge in [-0.15, -0.1) is 0 Å². The fourth-order valence-corrected chi connectivity index (χ4v) is 1.81. The molecule has 0 amide bonds. The van der Waals surface area contributed by atoms with E-state index < -0.39 is 0 Å². The van der Waals surface area contributed by atoms with E-state index in [-0.39, 0.29) is 5.56 Å². The summed E-state index contributed by atoms with van der Waals surface area (Å²) in [6.07, 6.45) is 1.97. The lowest BCUT2D eigenvalue weighted by molar-refractivity contribution is 0.180. The van der Waals surface area contributed by atoms with Crippen LogP contribution in [0, 0.1) is 11.3 Å². The number of nitrogens with one attached hydrogen (secondary N) is 1. The Labute approximate surface area is 97.4 Å². The molecule has 0 bridgehead atoms. The van der Waals surface area contributed by atoms with Crippen LogP contribution in [0.4, 0.5) is 0 Å². The van der Waals surface area contributed by atoms with Crippen molar-refractivity contribution in [1.82, 2.24) is 14.6 Å². The van der Waals surface area contributed by atoms with Crippen molar-refractivity contribution in [3.8, 4) is 6.07 Å². The largest absolute Gasteiger partial charge is 0.378 e. The standard InChI is InChI=1S/C11H12N4O2/c1-3-8-9(6-17-2)14-10-7(4-12)5-13-15(10)11(8)16/h5,14H,3,6H2,1-2H3. The van der Waals surface area contributed by atoms with E-state index in [9.17, 15) is 4.79 Å². The summed E-state index contributed by atoms with van der Waals surface area (Å²) in [6, 6.07) is 1.99. The van der Waals surface area contributed by atoms with Gasteiger partial charge in [0.05, 0.1) is 18.5 Å². The zero-order chi connectivity index (χ0) is 12.4. The number of ether oxygens (including phenoxy) is 1. The molecule has 2 aromatic heterocycles. The molecule has 0 fully saturated rings. The summed E-state index contributed by atoms with van der Waals surface area (Å²) < 4.78 is 6.26. The summed E-state index contributed by atoms with van der Waals surface area (Å²) in [5.74, 6) is 0. The number of nitrogens with zero attached hydrogens (tertiary/aromatic N) is 3. The van der Waals surface area contributed by atoms with E-state index in [1.165, 1.54) is 10.7 Å². The first-order valence-electron chi connectivity index (χ1n) is 5.23. The van der Waals surface area contributed by atoms with Crippen LogP contribution >= 0.6 is 0 Å². The molecule has 17 heavy (non-hydrogen) atoms. The number of methoxy groups -OCH3 is 1. The molecule has 0 unspecified atom stereocenters. The molecule has 0 aliphatic heterocycles. The number of aromatic amines is 1. The third kappa shape index (κ3) is 1.70. The van der Waals surface area contributed by atoms with E-state index in [0.717, 1.165) is 0 Å². The van der Waals surface area contributed by atoms with Crippen LogP contribution in [0.2, 0.25) is 0 Å². The Morgan fingerprint density at radius 2 is 2.41 bits per heavy atom. The first-order chi connectivity index (χ1) is 8.22. The van der Waals surface area contributed by atoms with Gasteiger partial charge < -0.3 is 9.72 Å². The molecule has 0 saturated carbocycles. The molecule has 0 spiro atoms. The average molecular weight is 232 g/mol. The predicted molar refractivity (Wildman–Crippen MR) is 60.6 cm³/mol. The zero-order valence-electron chi connectivity index (χ0n) is 9.65. The van der Waals surface area contributed by atoms with Crippen LogP contribution in [0.5, 0.6) is 0 Å². The van der Waals surface area contributed by atoms with Crippen LogP contribution in [-0.4, -0.2) is 21.7 Å². The van der Waals surface area contributed by atoms with Crippen molar-refractivity contribution >= 4 is 5.65 Å². The molecule has 0 aliphatic rings. The van der Waals surface area contributed by atoms with E-state index in [1.807, 2.05) is 13.0 Å². The Balaban J connectivity index is 2.81. The van der Waals surface area contributed by atoms with Crippen LogP contribution in [0.3, 0.4) is 0 Å². The number of fused-ring (bicyclic) bond motifs is 1. The number of aromatic nitrogens is 3. The maximum atomic E-state index is 12.1. The monoisotopic (exact) mass is 232 g/mol. The van der Waals surface area contributed by atoms with Gasteiger partial charge in [0.15, 0.2) is 5.65 Å². The summed E-state index contributed by atoms with van der Waals surface area (Å²) in [5, 5.41) is 12.8. The van der Waals surface area contributed by atoms with Crippen molar-refractivity contribution in [2.75, 3.05) is 7.11 Å². The highest BCUT2D eigenvalue weighted by Gasteiger charge is 2.13. The molecule has 0 atom stereocenters. The van der Waals surface area contributed by atoms with Gasteiger partial charge in [0.2, 0.25) is 0 Å². The quantitative estimate of drug-likeness (QED) is 0.840. The summed E-state index contributed by atoms with van der Waals surface area (Å²) in [5.41, 5.74) is 1.90. The highest BCUT2D eigenvalue weighted by molar-refractivity contribution is 5.54. The van der Waals surface area contributed by atoms with E-state index in [1.54, 1.807) is 7.11 Å². The molecule has 2 heterocycles. The lowest BCUT2D eigenvalue weighted by Gasteiger charge is -2.07. The van der Waals surface area contributed by atoms with Crippen LogP contribution in [0.15, 0.2) is 11.0 Å². The zero-order valence-corrected chi connectivity index (χ0v) is 9.65. The SMILES string of the molecule is CCc1c(COC)[nH]c2c(C#N)cnn2c1=O. The Bertz CT molecular complexity index is 648. The average Bonchev–Trinajstić information content (AvgIpc) is 2.73. The summed E-state index contributed by atoms with van der Waals surface area (Å²) in [7, 11) is 1.56. The van der Waals surface area contributed by atoms with Gasteiger partial charge in [0, 0.05) is 12.7 Å². The Hall–Kier alpha value is -2.13. The van der Waals surface area contributed by atoms with Crippen molar-refractivity contribution in [3.63, 3.8) is 0 Å². The number of hydrogen-bond acceptors (Lipinski definition) is 4. The normalized spacial score (nSPS) is 10.6. The minimum Gasteiger partial charge on any atom is -0.378 e. The highest BCUT2D eigenvalue weighted by Crippen LogP contribution is 2.09. The van der Waals surface area contributed by atoms with Crippen molar-refractivity contribution in [2.24, 2.45) is 0 Å². The van der Waals surface area contributed by atoms with Crippen molar-refractivity contribution < 1.29 is 4.74 Å². The topological polar surface area (TPSA) is 83.2 Å². The molecular weight excluding hydrogens is 220 g/mol. The Kier molecular flexibility index (Phi) is 2.93. The van der Waals surface area contributed by atoms with Gasteiger partial charge in [0.1, 0.15) is 11.6 Å². The Morgan fingerprint density at radius 1 is 1.65 bits per heavy atom. The fraction of sp³-hybridized carbons (Fsp3) is 0.364. The second-order valence-corrected chi connectivity index (χ2v) is 3.60. The fourth-order valence-electron chi connectivity index (χ4n) is 1.81. The summed E-state index contributed by atoms with van der Waals surface area (Å²) in [4.78, 5) is 15.1. The van der Waals surface area contributed by atoms with Gasteiger partial charge in [-0.05, 0) is 6.42 Å². The predicted octanol–water partition coefficient (Wildman–Crippen LogP) is 0.603. The van der Waals surface area contributed by atoms with Crippen LogP contribution in [0.1, 0.15) is 23.7 Å². The molecule has 2 aromatic rings. The molecule has 0 saturated heterocycles. The van der Waals surface area contributed by atoms with E-state index in [4.69, 9.17) is 10.00 Å². The Morgan fingerprint density at radius 3 is 3.00 bits per heavy atom. The van der Waals surface area contributed by atoms with Crippen molar-refractivity contribution in [3.05, 3.63) is 33.4 Å². The number of hydrogen-bond donors (Lipinski definition) is 1. The molecule has 0 aliphatic carbocycles. The third-order valence-corrected chi connectivity index (χ3v) is 2.62. The van der Waals surface area contributed by atoms with E-state index in [2.05, 4.69) is 10.1 Å². The van der Waals surface area contributed by atoms with Crippen LogP contribution in [-0.2, 0) is 17.8 Å². The molecule has 0 radical (unpaired) electrons. The molecular formula is C11H12N4O2. The second kappa shape index (κ2) is 4.39. The minimum absolute atomic E-state index is 0.199. The van der Waals surface area contributed by atoms with Gasteiger partial charge in [-0.3, -0.25) is 4.79 Å². The first kappa shape index (κ1) is 11.4. The summed E-state index contributed by atoms with van der Waals surface area (Å²) >= 11 is 0. The highest BCUT2D eigenvalue weighted by atomic mass is 16.5. The molecule has 6 nitrogen and oxygen atoms in total. The molecule has 6 heteroatoms. The lowest BCUT2D eigenvalue weighted by atomic mass is 10.2. The molecule has 88 valence electrons. The van der Waals surface area contributed by atoms with E-state index >= 15 is 0 Å². The molecule has 0 aromatic carbocycles. The minimum atomic E-state index is -0.199.